The highest BCUT2D eigenvalue weighted by atomic mass is 16.5. The highest BCUT2D eigenvalue weighted by Gasteiger charge is 2.27. The normalized spacial score (nSPS) is 22.0. The number of carbonyl (C=O) groups excluding carboxylic acids is 1. The predicted octanol–water partition coefficient (Wildman–Crippen LogP) is 4.02. The van der Waals surface area contributed by atoms with Crippen molar-refractivity contribution in [3.8, 4) is 5.75 Å². The van der Waals surface area contributed by atoms with E-state index in [0.717, 1.165) is 43.7 Å². The molecule has 2 heterocycles. The van der Waals surface area contributed by atoms with E-state index in [2.05, 4.69) is 9.80 Å². The smallest absolute Gasteiger partial charge is 0.260 e. The quantitative estimate of drug-likeness (QED) is 0.770. The first-order valence-corrected chi connectivity index (χ1v) is 10.4. The molecule has 0 unspecified atom stereocenters. The second-order valence-corrected chi connectivity index (χ2v) is 7.89. The lowest BCUT2D eigenvalue weighted by atomic mass is 9.99. The Labute approximate surface area is 158 Å². The molecular weight excluding hydrogens is 324 g/mol. The van der Waals surface area contributed by atoms with Crippen LogP contribution in [0.1, 0.15) is 56.9 Å². The van der Waals surface area contributed by atoms with Gasteiger partial charge in [-0.3, -0.25) is 4.79 Å². The number of benzene rings is 1. The maximum absolute atomic E-state index is 12.8. The summed E-state index contributed by atoms with van der Waals surface area (Å²) < 4.78 is 5.76. The molecule has 1 aromatic carbocycles. The molecule has 4 heteroatoms. The Morgan fingerprint density at radius 3 is 2.62 bits per heavy atom. The van der Waals surface area contributed by atoms with Crippen molar-refractivity contribution in [2.24, 2.45) is 0 Å². The molecule has 1 atom stereocenters. The van der Waals surface area contributed by atoms with E-state index < -0.39 is 0 Å². The average molecular weight is 359 g/mol. The fraction of sp³-hybridized carbons (Fsp3) is 0.682. The minimum atomic E-state index is 0.145. The van der Waals surface area contributed by atoms with Gasteiger partial charge in [-0.05, 0) is 76.2 Å². The second kappa shape index (κ2) is 9.96. The van der Waals surface area contributed by atoms with Crippen LogP contribution < -0.4 is 4.74 Å². The third-order valence-electron chi connectivity index (χ3n) is 5.78. The van der Waals surface area contributed by atoms with Gasteiger partial charge < -0.3 is 14.5 Å². The largest absolute Gasteiger partial charge is 0.484 e. The number of hydrogen-bond acceptors (Lipinski definition) is 3. The Balaban J connectivity index is 1.49. The third-order valence-corrected chi connectivity index (χ3v) is 5.78. The predicted molar refractivity (Wildman–Crippen MR) is 106 cm³/mol. The molecule has 1 amide bonds. The monoisotopic (exact) mass is 358 g/mol. The van der Waals surface area contributed by atoms with Crippen molar-refractivity contribution in [3.05, 3.63) is 29.8 Å². The molecule has 0 saturated carbocycles. The molecule has 144 valence electrons. The molecule has 1 aromatic rings. The molecule has 26 heavy (non-hydrogen) atoms. The number of likely N-dealkylation sites (tertiary alicyclic amines) is 2. The Morgan fingerprint density at radius 2 is 1.85 bits per heavy atom. The first-order chi connectivity index (χ1) is 12.7. The molecule has 0 bridgehead atoms. The maximum Gasteiger partial charge on any atom is 0.260 e. The van der Waals surface area contributed by atoms with E-state index in [1.807, 2.05) is 31.2 Å². The summed E-state index contributed by atoms with van der Waals surface area (Å²) in [7, 11) is 0. The summed E-state index contributed by atoms with van der Waals surface area (Å²) in [5, 5.41) is 0. The van der Waals surface area contributed by atoms with Crippen molar-refractivity contribution >= 4 is 5.91 Å². The Kier molecular flexibility index (Phi) is 7.36. The number of ether oxygens (including phenoxy) is 1. The van der Waals surface area contributed by atoms with Crippen LogP contribution in [0.4, 0.5) is 0 Å². The van der Waals surface area contributed by atoms with Crippen molar-refractivity contribution in [1.29, 1.82) is 0 Å². The van der Waals surface area contributed by atoms with E-state index in [0.29, 0.717) is 6.04 Å². The van der Waals surface area contributed by atoms with Crippen LogP contribution >= 0.6 is 0 Å². The van der Waals surface area contributed by atoms with E-state index in [-0.39, 0.29) is 12.5 Å². The molecule has 0 aliphatic carbocycles. The van der Waals surface area contributed by atoms with Crippen molar-refractivity contribution in [2.45, 2.75) is 64.3 Å². The van der Waals surface area contributed by atoms with Gasteiger partial charge in [0.05, 0.1) is 0 Å². The molecule has 0 aromatic heterocycles. The summed E-state index contributed by atoms with van der Waals surface area (Å²) in [6, 6.07) is 8.31. The van der Waals surface area contributed by atoms with Crippen LogP contribution in [0.15, 0.2) is 24.3 Å². The minimum Gasteiger partial charge on any atom is -0.484 e. The Bertz CT molecular complexity index is 567. The highest BCUT2D eigenvalue weighted by molar-refractivity contribution is 5.78. The number of hydrogen-bond donors (Lipinski definition) is 0. The first kappa shape index (κ1) is 19.2. The van der Waals surface area contributed by atoms with Crippen molar-refractivity contribution in [1.82, 2.24) is 9.80 Å². The topological polar surface area (TPSA) is 32.8 Å². The van der Waals surface area contributed by atoms with Crippen LogP contribution in [0.5, 0.6) is 5.75 Å². The van der Waals surface area contributed by atoms with Gasteiger partial charge >= 0.3 is 0 Å². The van der Waals surface area contributed by atoms with Crippen LogP contribution in [-0.2, 0) is 4.79 Å². The summed E-state index contributed by atoms with van der Waals surface area (Å²) in [5.41, 5.74) is 1.16. The number of amides is 1. The van der Waals surface area contributed by atoms with Crippen LogP contribution in [0.25, 0.3) is 0 Å². The average Bonchev–Trinajstić information content (AvgIpc) is 2.93. The van der Waals surface area contributed by atoms with Crippen molar-refractivity contribution < 1.29 is 9.53 Å². The highest BCUT2D eigenvalue weighted by Crippen LogP contribution is 2.22. The summed E-state index contributed by atoms with van der Waals surface area (Å²) in [4.78, 5) is 17.5. The summed E-state index contributed by atoms with van der Waals surface area (Å²) in [5.74, 6) is 0.934. The molecule has 0 radical (unpaired) electrons. The lowest BCUT2D eigenvalue weighted by molar-refractivity contribution is -0.137. The van der Waals surface area contributed by atoms with Crippen molar-refractivity contribution in [2.75, 3.05) is 32.8 Å². The van der Waals surface area contributed by atoms with E-state index in [4.69, 9.17) is 4.74 Å². The second-order valence-electron chi connectivity index (χ2n) is 7.89. The molecule has 2 aliphatic rings. The molecule has 2 fully saturated rings. The van der Waals surface area contributed by atoms with Crippen LogP contribution in [0.3, 0.4) is 0 Å². The van der Waals surface area contributed by atoms with Gasteiger partial charge in [-0.25, -0.2) is 0 Å². The number of aryl methyl sites for hydroxylation is 1. The number of carbonyl (C=O) groups is 1. The standard InChI is InChI=1S/C22H34N2O2/c1-19-9-8-11-21(17-19)26-18-22(25)24-15-7-4-10-20(24)12-16-23-13-5-2-3-6-14-23/h8-9,11,17,20H,2-7,10,12-16,18H2,1H3/t20-/m0/s1. The van der Waals surface area contributed by atoms with Gasteiger partial charge in [0.15, 0.2) is 6.61 Å². The maximum atomic E-state index is 12.8. The Hall–Kier alpha value is -1.55. The van der Waals surface area contributed by atoms with E-state index >= 15 is 0 Å². The molecule has 0 spiro atoms. The molecule has 4 nitrogen and oxygen atoms in total. The zero-order chi connectivity index (χ0) is 18.2. The van der Waals surface area contributed by atoms with Gasteiger partial charge in [-0.2, -0.15) is 0 Å². The van der Waals surface area contributed by atoms with Crippen LogP contribution in [0.2, 0.25) is 0 Å². The van der Waals surface area contributed by atoms with Crippen molar-refractivity contribution in [3.63, 3.8) is 0 Å². The molecule has 2 aliphatic heterocycles. The van der Waals surface area contributed by atoms with Gasteiger partial charge in [0.1, 0.15) is 5.75 Å². The molecule has 0 N–H and O–H groups in total. The van der Waals surface area contributed by atoms with Crippen LogP contribution in [-0.4, -0.2) is 54.5 Å². The molecule has 3 rings (SSSR count). The fourth-order valence-electron chi connectivity index (χ4n) is 4.25. The summed E-state index contributed by atoms with van der Waals surface area (Å²) in [6.45, 7) is 6.68. The Morgan fingerprint density at radius 1 is 1.08 bits per heavy atom. The summed E-state index contributed by atoms with van der Waals surface area (Å²) in [6.07, 6.45) is 10.0. The molecule has 2 saturated heterocycles. The van der Waals surface area contributed by atoms with E-state index in [1.165, 1.54) is 45.2 Å². The van der Waals surface area contributed by atoms with Gasteiger partial charge in [0.2, 0.25) is 0 Å². The SMILES string of the molecule is Cc1cccc(OCC(=O)N2CCCC[C@H]2CCN2CCCCCC2)c1. The zero-order valence-corrected chi connectivity index (χ0v) is 16.3. The van der Waals surface area contributed by atoms with E-state index in [9.17, 15) is 4.79 Å². The minimum absolute atomic E-state index is 0.145. The third kappa shape index (κ3) is 5.73. The van der Waals surface area contributed by atoms with Gasteiger partial charge in [-0.1, -0.05) is 25.0 Å². The van der Waals surface area contributed by atoms with Gasteiger partial charge in [-0.15, -0.1) is 0 Å². The number of piperidine rings is 1. The van der Waals surface area contributed by atoms with Gasteiger partial charge in [0.25, 0.3) is 5.91 Å². The number of nitrogens with zero attached hydrogens (tertiary/aromatic N) is 2. The first-order valence-electron chi connectivity index (χ1n) is 10.4. The summed E-state index contributed by atoms with van der Waals surface area (Å²) >= 11 is 0. The van der Waals surface area contributed by atoms with E-state index in [1.54, 1.807) is 0 Å². The lowest BCUT2D eigenvalue weighted by Crippen LogP contribution is -2.47. The zero-order valence-electron chi connectivity index (χ0n) is 16.3. The molecular formula is C22H34N2O2. The van der Waals surface area contributed by atoms with Crippen LogP contribution in [0, 0.1) is 6.92 Å². The lowest BCUT2D eigenvalue weighted by Gasteiger charge is -2.37. The number of rotatable bonds is 6. The fourth-order valence-corrected chi connectivity index (χ4v) is 4.25. The van der Waals surface area contributed by atoms with Gasteiger partial charge in [0, 0.05) is 19.1 Å².